The second kappa shape index (κ2) is 5.74. The highest BCUT2D eigenvalue weighted by Crippen LogP contribution is 2.40. The van der Waals surface area contributed by atoms with Gasteiger partial charge in [-0.3, -0.25) is 10.1 Å². The average molecular weight is 261 g/mol. The van der Waals surface area contributed by atoms with Gasteiger partial charge in [-0.2, -0.15) is 0 Å². The Morgan fingerprint density at radius 3 is 2.47 bits per heavy atom. The van der Waals surface area contributed by atoms with Gasteiger partial charge in [-0.25, -0.2) is 0 Å². The number of esters is 1. The van der Waals surface area contributed by atoms with E-state index < -0.39 is 5.60 Å². The van der Waals surface area contributed by atoms with E-state index in [1.165, 1.54) is 18.4 Å². The molecule has 1 saturated carbocycles. The molecule has 0 spiro atoms. The molecule has 1 unspecified atom stereocenters. The van der Waals surface area contributed by atoms with Gasteiger partial charge in [-0.05, 0) is 45.1 Å². The summed E-state index contributed by atoms with van der Waals surface area (Å²) in [6.45, 7) is 5.94. The molecule has 104 valence electrons. The molecule has 0 bridgehead atoms. The molecule has 3 nitrogen and oxygen atoms in total. The fourth-order valence-corrected chi connectivity index (χ4v) is 2.22. The van der Waals surface area contributed by atoms with E-state index in [9.17, 15) is 4.79 Å². The Morgan fingerprint density at radius 2 is 1.95 bits per heavy atom. The minimum absolute atomic E-state index is 0.186. The quantitative estimate of drug-likeness (QED) is 0.828. The highest BCUT2D eigenvalue weighted by atomic mass is 16.6. The molecule has 1 fully saturated rings. The van der Waals surface area contributed by atoms with Crippen LogP contribution < -0.4 is 5.32 Å². The maximum Gasteiger partial charge on any atom is 0.320 e. The van der Waals surface area contributed by atoms with Crippen molar-refractivity contribution in [3.63, 3.8) is 0 Å². The lowest BCUT2D eigenvalue weighted by atomic mass is 10.0. The molecule has 1 N–H and O–H groups in total. The minimum Gasteiger partial charge on any atom is -0.459 e. The van der Waals surface area contributed by atoms with Gasteiger partial charge in [-0.15, -0.1) is 0 Å². The van der Waals surface area contributed by atoms with Crippen LogP contribution in [0.15, 0.2) is 30.3 Å². The Bertz CT molecular complexity index is 418. The van der Waals surface area contributed by atoms with Crippen LogP contribution in [0.25, 0.3) is 0 Å². The van der Waals surface area contributed by atoms with Crippen LogP contribution in [0.2, 0.25) is 0 Å². The molecule has 0 aliphatic heterocycles. The van der Waals surface area contributed by atoms with Crippen LogP contribution >= 0.6 is 0 Å². The number of ether oxygens (including phenoxy) is 1. The summed E-state index contributed by atoms with van der Waals surface area (Å²) in [7, 11) is 0. The molecular formula is C16H23NO2. The SMILES string of the molecule is CC(C)(C)OC(=O)CNC(c1ccccc1)C1CC1. The number of benzene rings is 1. The van der Waals surface area contributed by atoms with Gasteiger partial charge >= 0.3 is 5.97 Å². The normalized spacial score (nSPS) is 17.0. The van der Waals surface area contributed by atoms with Crippen molar-refractivity contribution >= 4 is 5.97 Å². The predicted molar refractivity (Wildman–Crippen MR) is 75.8 cm³/mol. The summed E-state index contributed by atoms with van der Waals surface area (Å²) in [6.07, 6.45) is 2.47. The third-order valence-corrected chi connectivity index (χ3v) is 3.14. The van der Waals surface area contributed by atoms with Crippen molar-refractivity contribution in [3.05, 3.63) is 35.9 Å². The molecular weight excluding hydrogens is 238 g/mol. The lowest BCUT2D eigenvalue weighted by molar-refractivity contribution is -0.153. The first-order valence-corrected chi connectivity index (χ1v) is 6.96. The van der Waals surface area contributed by atoms with E-state index in [1.54, 1.807) is 0 Å². The maximum atomic E-state index is 11.8. The molecule has 0 saturated heterocycles. The van der Waals surface area contributed by atoms with E-state index in [-0.39, 0.29) is 18.6 Å². The molecule has 1 aromatic carbocycles. The van der Waals surface area contributed by atoms with Gasteiger partial charge in [0.25, 0.3) is 0 Å². The third-order valence-electron chi connectivity index (χ3n) is 3.14. The van der Waals surface area contributed by atoms with Crippen molar-refractivity contribution in [2.75, 3.05) is 6.54 Å². The van der Waals surface area contributed by atoms with Crippen LogP contribution in [0.3, 0.4) is 0 Å². The fourth-order valence-electron chi connectivity index (χ4n) is 2.22. The van der Waals surface area contributed by atoms with Gasteiger partial charge in [-0.1, -0.05) is 30.3 Å². The van der Waals surface area contributed by atoms with Gasteiger partial charge in [0.1, 0.15) is 5.60 Å². The smallest absolute Gasteiger partial charge is 0.320 e. The summed E-state index contributed by atoms with van der Waals surface area (Å²) >= 11 is 0. The van der Waals surface area contributed by atoms with Crippen molar-refractivity contribution < 1.29 is 9.53 Å². The summed E-state index contributed by atoms with van der Waals surface area (Å²) < 4.78 is 5.32. The van der Waals surface area contributed by atoms with E-state index in [0.717, 1.165) is 0 Å². The monoisotopic (exact) mass is 261 g/mol. The number of hydrogen-bond donors (Lipinski definition) is 1. The molecule has 1 atom stereocenters. The highest BCUT2D eigenvalue weighted by Gasteiger charge is 2.32. The molecule has 1 aliphatic rings. The molecule has 0 radical (unpaired) electrons. The molecule has 2 rings (SSSR count). The van der Waals surface area contributed by atoms with Crippen molar-refractivity contribution in [1.82, 2.24) is 5.32 Å². The predicted octanol–water partition coefficient (Wildman–Crippen LogP) is 3.07. The topological polar surface area (TPSA) is 38.3 Å². The lowest BCUT2D eigenvalue weighted by Gasteiger charge is -2.22. The van der Waals surface area contributed by atoms with Crippen LogP contribution in [0.1, 0.15) is 45.2 Å². The van der Waals surface area contributed by atoms with E-state index in [2.05, 4.69) is 17.4 Å². The first-order valence-electron chi connectivity index (χ1n) is 6.96. The molecule has 1 aliphatic carbocycles. The Balaban J connectivity index is 1.90. The van der Waals surface area contributed by atoms with E-state index in [4.69, 9.17) is 4.74 Å². The Morgan fingerprint density at radius 1 is 1.32 bits per heavy atom. The van der Waals surface area contributed by atoms with Gasteiger partial charge in [0.2, 0.25) is 0 Å². The fraction of sp³-hybridized carbons (Fsp3) is 0.562. The number of carbonyl (C=O) groups excluding carboxylic acids is 1. The first kappa shape index (κ1) is 14.1. The van der Waals surface area contributed by atoms with E-state index in [1.807, 2.05) is 39.0 Å². The van der Waals surface area contributed by atoms with Crippen molar-refractivity contribution in [2.24, 2.45) is 5.92 Å². The van der Waals surface area contributed by atoms with Crippen LogP contribution in [-0.4, -0.2) is 18.1 Å². The Kier molecular flexibility index (Phi) is 4.25. The standard InChI is InChI=1S/C16H23NO2/c1-16(2,3)19-14(18)11-17-15(13-9-10-13)12-7-5-4-6-8-12/h4-8,13,15,17H,9-11H2,1-3H3. The van der Waals surface area contributed by atoms with Gasteiger partial charge in [0, 0.05) is 6.04 Å². The number of rotatable bonds is 5. The molecule has 19 heavy (non-hydrogen) atoms. The molecule has 3 heteroatoms. The maximum absolute atomic E-state index is 11.8. The summed E-state index contributed by atoms with van der Waals surface area (Å²) in [5.41, 5.74) is 0.842. The molecule has 0 heterocycles. The number of nitrogens with one attached hydrogen (secondary N) is 1. The van der Waals surface area contributed by atoms with Crippen LogP contribution in [0.4, 0.5) is 0 Å². The van der Waals surface area contributed by atoms with Crippen molar-refractivity contribution in [1.29, 1.82) is 0 Å². The number of carbonyl (C=O) groups is 1. The number of hydrogen-bond acceptors (Lipinski definition) is 3. The zero-order valence-electron chi connectivity index (χ0n) is 12.0. The van der Waals surface area contributed by atoms with Crippen molar-refractivity contribution in [3.8, 4) is 0 Å². The zero-order chi connectivity index (χ0) is 13.9. The lowest BCUT2D eigenvalue weighted by Crippen LogP contribution is -2.34. The van der Waals surface area contributed by atoms with E-state index >= 15 is 0 Å². The zero-order valence-corrected chi connectivity index (χ0v) is 12.0. The second-order valence-corrected chi connectivity index (χ2v) is 6.19. The third kappa shape index (κ3) is 4.67. The average Bonchev–Trinajstić information content (AvgIpc) is 3.13. The molecule has 0 amide bonds. The minimum atomic E-state index is -0.416. The Hall–Kier alpha value is -1.35. The summed E-state index contributed by atoms with van der Waals surface area (Å²) in [5.74, 6) is 0.471. The van der Waals surface area contributed by atoms with Crippen LogP contribution in [0, 0.1) is 5.92 Å². The van der Waals surface area contributed by atoms with Gasteiger partial charge in [0.05, 0.1) is 6.54 Å². The van der Waals surface area contributed by atoms with E-state index in [0.29, 0.717) is 5.92 Å². The van der Waals surface area contributed by atoms with Crippen LogP contribution in [-0.2, 0) is 9.53 Å². The van der Waals surface area contributed by atoms with Crippen LogP contribution in [0.5, 0.6) is 0 Å². The molecule has 0 aromatic heterocycles. The Labute approximate surface area is 115 Å². The summed E-state index contributed by atoms with van der Waals surface area (Å²) in [6, 6.07) is 10.6. The highest BCUT2D eigenvalue weighted by molar-refractivity contribution is 5.72. The van der Waals surface area contributed by atoms with Gasteiger partial charge < -0.3 is 4.74 Å². The second-order valence-electron chi connectivity index (χ2n) is 6.19. The summed E-state index contributed by atoms with van der Waals surface area (Å²) in [5, 5.41) is 3.35. The molecule has 1 aromatic rings. The summed E-state index contributed by atoms with van der Waals surface area (Å²) in [4.78, 5) is 11.8. The van der Waals surface area contributed by atoms with Crippen molar-refractivity contribution in [2.45, 2.75) is 45.3 Å². The first-order chi connectivity index (χ1) is 8.96. The van der Waals surface area contributed by atoms with Gasteiger partial charge in [0.15, 0.2) is 0 Å². The largest absolute Gasteiger partial charge is 0.459 e.